The maximum Gasteiger partial charge on any atom is 0.316 e. The van der Waals surface area contributed by atoms with Crippen LogP contribution in [-0.4, -0.2) is 23.3 Å². The quantitative estimate of drug-likeness (QED) is 0.632. The van der Waals surface area contributed by atoms with Gasteiger partial charge in [0.15, 0.2) is 5.82 Å². The first kappa shape index (κ1) is 12.4. The molecule has 0 atom stereocenters. The van der Waals surface area contributed by atoms with Gasteiger partial charge >= 0.3 is 5.97 Å². The average molecular weight is 294 g/mol. The van der Waals surface area contributed by atoms with Gasteiger partial charge in [-0.05, 0) is 28.9 Å². The molecule has 0 aliphatic heterocycles. The Morgan fingerprint density at radius 2 is 2.47 bits per heavy atom. The van der Waals surface area contributed by atoms with Gasteiger partial charge in [0.2, 0.25) is 0 Å². The fraction of sp³-hybridized carbons (Fsp3) is 0.333. The van der Waals surface area contributed by atoms with E-state index in [4.69, 9.17) is 4.74 Å². The zero-order valence-corrected chi connectivity index (χ0v) is 10.4. The van der Waals surface area contributed by atoms with Gasteiger partial charge in [-0.15, -0.1) is 0 Å². The van der Waals surface area contributed by atoms with Crippen LogP contribution in [0.15, 0.2) is 21.8 Å². The number of aromatic nitrogens is 1. The van der Waals surface area contributed by atoms with Crippen LogP contribution in [0.3, 0.4) is 0 Å². The number of halogens is 2. The minimum absolute atomic E-state index is 0.0688. The van der Waals surface area contributed by atoms with Crippen LogP contribution >= 0.6 is 27.7 Å². The molecule has 0 aliphatic carbocycles. The summed E-state index contributed by atoms with van der Waals surface area (Å²) in [6.45, 7) is 2.05. The van der Waals surface area contributed by atoms with Crippen LogP contribution in [-0.2, 0) is 9.53 Å². The van der Waals surface area contributed by atoms with Crippen LogP contribution in [0.25, 0.3) is 0 Å². The number of thioether (sulfide) groups is 1. The molecule has 0 aliphatic rings. The third-order valence-electron chi connectivity index (χ3n) is 1.41. The Morgan fingerprint density at radius 1 is 1.73 bits per heavy atom. The number of rotatable bonds is 4. The summed E-state index contributed by atoms with van der Waals surface area (Å²) in [5, 5.41) is 0.200. The van der Waals surface area contributed by atoms with Crippen molar-refractivity contribution < 1.29 is 13.9 Å². The van der Waals surface area contributed by atoms with E-state index in [1.165, 1.54) is 12.3 Å². The topological polar surface area (TPSA) is 39.2 Å². The molecule has 0 unspecified atom stereocenters. The molecule has 1 aromatic rings. The zero-order chi connectivity index (χ0) is 11.3. The molecule has 0 fully saturated rings. The third-order valence-corrected chi connectivity index (χ3v) is 2.79. The molecule has 0 radical (unpaired) electrons. The smallest absolute Gasteiger partial charge is 0.316 e. The molecule has 1 heterocycles. The van der Waals surface area contributed by atoms with E-state index >= 15 is 0 Å². The van der Waals surface area contributed by atoms with Gasteiger partial charge < -0.3 is 4.74 Å². The fourth-order valence-corrected chi connectivity index (χ4v) is 1.80. The van der Waals surface area contributed by atoms with E-state index in [0.29, 0.717) is 11.1 Å². The van der Waals surface area contributed by atoms with Crippen molar-refractivity contribution in [2.75, 3.05) is 12.4 Å². The van der Waals surface area contributed by atoms with Crippen molar-refractivity contribution in [2.45, 2.75) is 11.9 Å². The van der Waals surface area contributed by atoms with Gasteiger partial charge in [0.25, 0.3) is 0 Å². The Hall–Kier alpha value is -0.620. The molecule has 0 saturated carbocycles. The van der Waals surface area contributed by atoms with E-state index in [1.54, 1.807) is 6.92 Å². The summed E-state index contributed by atoms with van der Waals surface area (Å²) in [5.74, 6) is -0.746. The van der Waals surface area contributed by atoms with E-state index < -0.39 is 5.82 Å². The van der Waals surface area contributed by atoms with Crippen LogP contribution in [0.2, 0.25) is 0 Å². The number of pyridine rings is 1. The van der Waals surface area contributed by atoms with E-state index in [1.807, 2.05) is 0 Å². The average Bonchev–Trinajstić information content (AvgIpc) is 2.17. The molecule has 82 valence electrons. The van der Waals surface area contributed by atoms with Crippen molar-refractivity contribution in [3.05, 3.63) is 22.6 Å². The summed E-state index contributed by atoms with van der Waals surface area (Å²) >= 11 is 4.12. The molecule has 3 nitrogen and oxygen atoms in total. The minimum Gasteiger partial charge on any atom is -0.465 e. The number of esters is 1. The molecule has 1 rings (SSSR count). The van der Waals surface area contributed by atoms with Gasteiger partial charge in [0.1, 0.15) is 5.03 Å². The molecule has 0 N–H and O–H groups in total. The zero-order valence-electron chi connectivity index (χ0n) is 8.00. The summed E-state index contributed by atoms with van der Waals surface area (Å²) in [6, 6.07) is 1.31. The second-order valence-electron chi connectivity index (χ2n) is 2.53. The highest BCUT2D eigenvalue weighted by Crippen LogP contribution is 2.21. The first-order chi connectivity index (χ1) is 7.13. The van der Waals surface area contributed by atoms with Gasteiger partial charge in [-0.3, -0.25) is 4.79 Å². The lowest BCUT2D eigenvalue weighted by Crippen LogP contribution is -2.07. The van der Waals surface area contributed by atoms with E-state index in [9.17, 15) is 9.18 Å². The Balaban J connectivity index is 2.54. The highest BCUT2D eigenvalue weighted by Gasteiger charge is 2.08. The molecule has 1 aromatic heterocycles. The van der Waals surface area contributed by atoms with Crippen molar-refractivity contribution in [2.24, 2.45) is 0 Å². The van der Waals surface area contributed by atoms with E-state index in [0.717, 1.165) is 11.8 Å². The highest BCUT2D eigenvalue weighted by molar-refractivity contribution is 9.10. The lowest BCUT2D eigenvalue weighted by Gasteiger charge is -2.02. The Bertz CT molecular complexity index is 362. The molecule has 15 heavy (non-hydrogen) atoms. The van der Waals surface area contributed by atoms with Crippen molar-refractivity contribution in [3.8, 4) is 0 Å². The lowest BCUT2D eigenvalue weighted by molar-refractivity contribution is -0.139. The molecule has 6 heteroatoms. The fourth-order valence-electron chi connectivity index (χ4n) is 0.838. The van der Waals surface area contributed by atoms with Gasteiger partial charge in [0, 0.05) is 10.7 Å². The highest BCUT2D eigenvalue weighted by atomic mass is 79.9. The number of ether oxygens (including phenoxy) is 1. The summed E-state index contributed by atoms with van der Waals surface area (Å²) in [6.07, 6.45) is 1.48. The maximum absolute atomic E-state index is 13.2. The Labute approximate surface area is 99.5 Å². The second-order valence-corrected chi connectivity index (χ2v) is 4.41. The SMILES string of the molecule is CCOC(=O)CSc1ncc(Br)cc1F. The molecule has 0 saturated heterocycles. The monoisotopic (exact) mass is 293 g/mol. The minimum atomic E-state index is -0.446. The normalized spacial score (nSPS) is 10.1. The molecule has 0 aromatic carbocycles. The van der Waals surface area contributed by atoms with Crippen molar-refractivity contribution in [1.29, 1.82) is 0 Å². The van der Waals surface area contributed by atoms with E-state index in [2.05, 4.69) is 20.9 Å². The van der Waals surface area contributed by atoms with Crippen molar-refractivity contribution >= 4 is 33.7 Å². The number of nitrogens with zero attached hydrogens (tertiary/aromatic N) is 1. The number of carbonyl (C=O) groups excluding carboxylic acids is 1. The first-order valence-electron chi connectivity index (χ1n) is 4.23. The maximum atomic E-state index is 13.2. The van der Waals surface area contributed by atoms with Crippen molar-refractivity contribution in [1.82, 2.24) is 4.98 Å². The van der Waals surface area contributed by atoms with Crippen LogP contribution in [0.4, 0.5) is 4.39 Å². The predicted molar refractivity (Wildman–Crippen MR) is 59.3 cm³/mol. The summed E-state index contributed by atoms with van der Waals surface area (Å²) in [7, 11) is 0. The molecular weight excluding hydrogens is 285 g/mol. The molecule has 0 spiro atoms. The van der Waals surface area contributed by atoms with Crippen LogP contribution in [0, 0.1) is 5.82 Å². The Kier molecular flexibility index (Phi) is 5.04. The predicted octanol–water partition coefficient (Wildman–Crippen LogP) is 2.64. The second kappa shape index (κ2) is 6.07. The van der Waals surface area contributed by atoms with Gasteiger partial charge in [-0.1, -0.05) is 11.8 Å². The lowest BCUT2D eigenvalue weighted by atomic mass is 10.5. The largest absolute Gasteiger partial charge is 0.465 e. The van der Waals surface area contributed by atoms with Gasteiger partial charge in [-0.25, -0.2) is 9.37 Å². The van der Waals surface area contributed by atoms with Gasteiger partial charge in [0.05, 0.1) is 12.4 Å². The number of hydrogen-bond donors (Lipinski definition) is 0. The number of hydrogen-bond acceptors (Lipinski definition) is 4. The number of carbonyl (C=O) groups is 1. The molecular formula is C9H9BrFNO2S. The standard InChI is InChI=1S/C9H9BrFNO2S/c1-2-14-8(13)5-15-9-7(11)3-6(10)4-12-9/h3-4H,2,5H2,1H3. The van der Waals surface area contributed by atoms with Crippen LogP contribution in [0.1, 0.15) is 6.92 Å². The molecule has 0 bridgehead atoms. The third kappa shape index (κ3) is 4.17. The molecule has 0 amide bonds. The van der Waals surface area contributed by atoms with Crippen LogP contribution < -0.4 is 0 Å². The Morgan fingerprint density at radius 3 is 3.07 bits per heavy atom. The van der Waals surface area contributed by atoms with Gasteiger partial charge in [-0.2, -0.15) is 0 Å². The van der Waals surface area contributed by atoms with Crippen LogP contribution in [0.5, 0.6) is 0 Å². The first-order valence-corrected chi connectivity index (χ1v) is 6.00. The summed E-state index contributed by atoms with van der Waals surface area (Å²) in [4.78, 5) is 14.8. The van der Waals surface area contributed by atoms with E-state index in [-0.39, 0.29) is 16.7 Å². The summed E-state index contributed by atoms with van der Waals surface area (Å²) in [5.41, 5.74) is 0. The van der Waals surface area contributed by atoms with Crippen molar-refractivity contribution in [3.63, 3.8) is 0 Å². The summed E-state index contributed by atoms with van der Waals surface area (Å²) < 4.78 is 18.5.